The normalized spacial score (nSPS) is 10.6. The van der Waals surface area contributed by atoms with Gasteiger partial charge in [-0.05, 0) is 12.1 Å². The summed E-state index contributed by atoms with van der Waals surface area (Å²) in [4.78, 5) is 20.6. The van der Waals surface area contributed by atoms with Gasteiger partial charge in [0.05, 0.1) is 8.86 Å². The fourth-order valence-corrected chi connectivity index (χ4v) is 3.08. The molecule has 27 heavy (non-hydrogen) atoms. The second-order valence-electron chi connectivity index (χ2n) is 5.14. The number of halogens is 2. The Kier molecular flexibility index (Phi) is 10.3. The third-order valence-electron chi connectivity index (χ3n) is 3.18. The molecule has 0 radical (unpaired) electrons. The average Bonchev–Trinajstić information content (AvgIpc) is 2.64. The van der Waals surface area contributed by atoms with Crippen LogP contribution in [0.3, 0.4) is 0 Å². The Labute approximate surface area is 184 Å². The molecule has 5 N–H and O–H groups in total. The van der Waals surface area contributed by atoms with Crippen LogP contribution in [0.15, 0.2) is 41.3 Å². The predicted molar refractivity (Wildman–Crippen MR) is 122 cm³/mol. The van der Waals surface area contributed by atoms with Gasteiger partial charge in [-0.15, -0.1) is 0 Å². The van der Waals surface area contributed by atoms with Gasteiger partial charge in [0.2, 0.25) is 11.8 Å². The molecule has 0 saturated carbocycles. The van der Waals surface area contributed by atoms with Crippen molar-refractivity contribution >= 4 is 83.6 Å². The first kappa shape index (κ1) is 23.8. The molecule has 2 amide bonds. The molecular weight excluding hydrogens is 600 g/mol. The number of amides is 2. The number of primary amides is 1. The van der Waals surface area contributed by atoms with Gasteiger partial charge in [-0.2, -0.15) is 8.42 Å². The summed E-state index contributed by atoms with van der Waals surface area (Å²) < 4.78 is 32.9. The van der Waals surface area contributed by atoms with Gasteiger partial charge in [0.15, 0.2) is 0 Å². The van der Waals surface area contributed by atoms with Gasteiger partial charge in [0, 0.05) is 29.5 Å². The Balaban J connectivity index is 0.000000646. The van der Waals surface area contributed by atoms with Crippen molar-refractivity contribution in [1.29, 1.82) is 0 Å². The van der Waals surface area contributed by atoms with Crippen LogP contribution in [0.2, 0.25) is 0 Å². The van der Waals surface area contributed by atoms with Crippen LogP contribution in [0.1, 0.15) is 0 Å². The molecule has 0 aromatic heterocycles. The zero-order valence-electron chi connectivity index (χ0n) is 14.1. The van der Waals surface area contributed by atoms with Crippen molar-refractivity contribution in [2.45, 2.75) is 4.90 Å². The molecule has 2 rings (SSSR count). The van der Waals surface area contributed by atoms with Crippen molar-refractivity contribution in [3.63, 3.8) is 0 Å². The van der Waals surface area contributed by atoms with E-state index in [9.17, 15) is 22.6 Å². The lowest BCUT2D eigenvalue weighted by atomic mass is 10.1. The highest BCUT2D eigenvalue weighted by atomic mass is 127. The first-order valence-corrected chi connectivity index (χ1v) is 12.1. The Morgan fingerprint density at radius 2 is 1.59 bits per heavy atom. The lowest BCUT2D eigenvalue weighted by Gasteiger charge is -2.11. The second-order valence-corrected chi connectivity index (χ2v) is 8.06. The third kappa shape index (κ3) is 8.15. The number of rotatable bonds is 7. The summed E-state index contributed by atoms with van der Waals surface area (Å²) in [6.07, 6.45) is 0. The monoisotopic (exact) mass is 619 g/mol. The zero-order valence-corrected chi connectivity index (χ0v) is 19.2. The summed E-state index contributed by atoms with van der Waals surface area (Å²) in [6.45, 7) is 0.980. The van der Waals surface area contributed by atoms with E-state index in [0.717, 1.165) is 5.69 Å². The van der Waals surface area contributed by atoms with E-state index in [1.807, 2.05) is 51.2 Å². The maximum atomic E-state index is 11.4. The molecule has 0 atom stereocenters. The van der Waals surface area contributed by atoms with Crippen LogP contribution in [0.4, 0.5) is 5.69 Å². The van der Waals surface area contributed by atoms with Crippen LogP contribution in [0.5, 0.6) is 0 Å². The number of alkyl halides is 2. The van der Waals surface area contributed by atoms with Crippen LogP contribution >= 0.6 is 45.2 Å². The molecular formula is C16H19I2N3O5S. The molecule has 0 heterocycles. The zero-order chi connectivity index (χ0) is 20.4. The Bertz CT molecular complexity index is 906. The fraction of sp³-hybridized carbons (Fsp3) is 0.250. The van der Waals surface area contributed by atoms with Crippen LogP contribution < -0.4 is 16.4 Å². The Morgan fingerprint density at radius 1 is 1.00 bits per heavy atom. The van der Waals surface area contributed by atoms with Crippen molar-refractivity contribution in [2.24, 2.45) is 5.73 Å². The van der Waals surface area contributed by atoms with E-state index in [-0.39, 0.29) is 16.7 Å². The quantitative estimate of drug-likeness (QED) is 0.162. The van der Waals surface area contributed by atoms with Crippen molar-refractivity contribution in [1.82, 2.24) is 5.32 Å². The lowest BCUT2D eigenvalue weighted by Crippen LogP contribution is -2.29. The Hall–Kier alpha value is -1.19. The maximum Gasteiger partial charge on any atom is 0.295 e. The molecule has 8 nitrogen and oxygen atoms in total. The number of nitrogens with one attached hydrogen (secondary N) is 2. The number of hydrogen-bond acceptors (Lipinski definition) is 5. The van der Waals surface area contributed by atoms with E-state index in [1.54, 1.807) is 24.3 Å². The minimum atomic E-state index is -4.27. The summed E-state index contributed by atoms with van der Waals surface area (Å²) in [5.74, 6) is -0.292. The fourth-order valence-electron chi connectivity index (χ4n) is 2.11. The minimum Gasteiger partial charge on any atom is -0.383 e. The molecule has 2 aromatic carbocycles. The molecule has 0 aliphatic rings. The molecule has 0 saturated heterocycles. The lowest BCUT2D eigenvalue weighted by molar-refractivity contribution is -0.118. The van der Waals surface area contributed by atoms with Crippen LogP contribution in [0, 0.1) is 0 Å². The highest BCUT2D eigenvalue weighted by molar-refractivity contribution is 14.1. The summed E-state index contributed by atoms with van der Waals surface area (Å²) in [6, 6.07) is 9.88. The smallest absolute Gasteiger partial charge is 0.295 e. The number of anilines is 1. The number of fused-ring (bicyclic) bond motifs is 1. The molecule has 0 spiro atoms. The number of carbonyl (C=O) groups is 2. The second kappa shape index (κ2) is 11.6. The highest BCUT2D eigenvalue weighted by Crippen LogP contribution is 2.28. The van der Waals surface area contributed by atoms with Gasteiger partial charge in [-0.1, -0.05) is 69.4 Å². The van der Waals surface area contributed by atoms with Crippen LogP contribution in [-0.2, 0) is 19.7 Å². The Morgan fingerprint density at radius 3 is 2.15 bits per heavy atom. The van der Waals surface area contributed by atoms with Crippen LogP contribution in [-0.4, -0.2) is 46.7 Å². The summed E-state index contributed by atoms with van der Waals surface area (Å²) >= 11 is 3.89. The van der Waals surface area contributed by atoms with E-state index in [2.05, 4.69) is 16.4 Å². The summed E-state index contributed by atoms with van der Waals surface area (Å²) in [5, 5.41) is 7.04. The molecule has 0 aliphatic heterocycles. The van der Waals surface area contributed by atoms with Gasteiger partial charge in [-0.25, -0.2) is 0 Å². The molecule has 0 fully saturated rings. The highest BCUT2D eigenvalue weighted by Gasteiger charge is 2.14. The standard InChI is InChI=1S/C14H15IN2O4S.C2H4INO/c15-9-14(18)17-8-7-16-12-5-1-4-11-10(12)3-2-6-13(11)22(19,20)21;3-1-2(4)5/h1-6,16H,7-9H2,(H,17,18)(H,19,20,21);1H2,(H2,4,5). The molecule has 148 valence electrons. The largest absolute Gasteiger partial charge is 0.383 e. The predicted octanol–water partition coefficient (Wildman–Crippen LogP) is 1.96. The third-order valence-corrected chi connectivity index (χ3v) is 5.53. The van der Waals surface area contributed by atoms with E-state index in [1.165, 1.54) is 6.07 Å². The maximum absolute atomic E-state index is 11.4. The van der Waals surface area contributed by atoms with Gasteiger partial charge in [0.25, 0.3) is 10.1 Å². The molecule has 11 heteroatoms. The summed E-state index contributed by atoms with van der Waals surface area (Å²) in [5.41, 5.74) is 5.39. The number of carbonyl (C=O) groups excluding carboxylic acids is 2. The van der Waals surface area contributed by atoms with Crippen molar-refractivity contribution in [2.75, 3.05) is 27.3 Å². The van der Waals surface area contributed by atoms with Gasteiger partial charge >= 0.3 is 0 Å². The van der Waals surface area contributed by atoms with Gasteiger partial charge in [0.1, 0.15) is 4.90 Å². The number of hydrogen-bond donors (Lipinski definition) is 4. The number of nitrogens with two attached hydrogens (primary N) is 1. The number of benzene rings is 2. The van der Waals surface area contributed by atoms with Crippen LogP contribution in [0.25, 0.3) is 10.8 Å². The van der Waals surface area contributed by atoms with E-state index in [4.69, 9.17) is 0 Å². The SMILES string of the molecule is NC(=O)CI.O=C(CI)NCCNc1cccc2c(S(=O)(=O)O)cccc12. The van der Waals surface area contributed by atoms with Gasteiger partial charge in [-0.3, -0.25) is 14.1 Å². The first-order chi connectivity index (χ1) is 12.7. The van der Waals surface area contributed by atoms with E-state index < -0.39 is 10.1 Å². The first-order valence-electron chi connectivity index (χ1n) is 7.60. The molecule has 0 bridgehead atoms. The topological polar surface area (TPSA) is 139 Å². The molecule has 2 aromatic rings. The average molecular weight is 619 g/mol. The van der Waals surface area contributed by atoms with Crippen molar-refractivity contribution in [3.05, 3.63) is 36.4 Å². The summed E-state index contributed by atoms with van der Waals surface area (Å²) in [7, 11) is -4.27. The van der Waals surface area contributed by atoms with E-state index >= 15 is 0 Å². The minimum absolute atomic E-state index is 0.0334. The van der Waals surface area contributed by atoms with Crippen molar-refractivity contribution in [3.8, 4) is 0 Å². The molecule has 0 aliphatic carbocycles. The van der Waals surface area contributed by atoms with Crippen molar-refractivity contribution < 1.29 is 22.6 Å². The van der Waals surface area contributed by atoms with Gasteiger partial charge < -0.3 is 16.4 Å². The van der Waals surface area contributed by atoms with E-state index in [0.29, 0.717) is 32.7 Å². The molecule has 0 unspecified atom stereocenters.